The molecule has 0 atom stereocenters. The second-order valence-electron chi connectivity index (χ2n) is 5.48. The van der Waals surface area contributed by atoms with Gasteiger partial charge < -0.3 is 34.4 Å². The van der Waals surface area contributed by atoms with E-state index in [1.165, 1.54) is 24.5 Å². The number of carboxylic acids is 1. The zero-order valence-corrected chi connectivity index (χ0v) is 14.0. The van der Waals surface area contributed by atoms with Crippen LogP contribution in [0.3, 0.4) is 0 Å². The van der Waals surface area contributed by atoms with Crippen LogP contribution in [0.5, 0.6) is 11.5 Å². The Kier molecular flexibility index (Phi) is 5.41. The van der Waals surface area contributed by atoms with Crippen LogP contribution in [0.4, 0.5) is 0 Å². The number of amides is 2. The largest absolute Gasteiger partial charge is 0.550 e. The molecule has 2 heterocycles. The highest BCUT2D eigenvalue weighted by Gasteiger charge is 2.17. The van der Waals surface area contributed by atoms with E-state index in [4.69, 9.17) is 13.9 Å². The first-order chi connectivity index (χ1) is 13.0. The molecule has 2 aromatic rings. The van der Waals surface area contributed by atoms with Gasteiger partial charge in [0.1, 0.15) is 5.70 Å². The Balaban J connectivity index is 1.80. The quantitative estimate of drug-likeness (QED) is 0.657. The second kappa shape index (κ2) is 8.09. The van der Waals surface area contributed by atoms with E-state index >= 15 is 0 Å². The lowest BCUT2D eigenvalue weighted by Gasteiger charge is -2.11. The number of hydrogen-bond donors (Lipinski definition) is 2. The van der Waals surface area contributed by atoms with Crippen LogP contribution in [-0.4, -0.2) is 31.1 Å². The predicted molar refractivity (Wildman–Crippen MR) is 89.3 cm³/mol. The fraction of sp³-hybridized carbons (Fsp3) is 0.167. The third-order valence-corrected chi connectivity index (χ3v) is 3.56. The summed E-state index contributed by atoms with van der Waals surface area (Å²) in [6, 6.07) is 7.99. The zero-order valence-electron chi connectivity index (χ0n) is 14.0. The molecule has 0 unspecified atom stereocenters. The molecule has 0 fully saturated rings. The third kappa shape index (κ3) is 4.66. The number of carboxylic acid groups (broad SMARTS) is 1. The molecule has 0 radical (unpaired) electrons. The number of fused-ring (bicyclic) bond motifs is 1. The lowest BCUT2D eigenvalue weighted by atomic mass is 10.1. The molecule has 2 amide bonds. The van der Waals surface area contributed by atoms with Gasteiger partial charge in [-0.15, -0.1) is 0 Å². The standard InChI is InChI=1S/C18H16N2O7/c21-16(22)5-6-19-17(23)12(20-18(24)14-2-1-7-25-14)8-11-3-4-13-15(9-11)27-10-26-13/h1-4,7-9H,5-6,10H2,(H,19,23)(H,20,24)(H,21,22)/p-1/b12-8-. The Morgan fingerprint density at radius 1 is 1.15 bits per heavy atom. The third-order valence-electron chi connectivity index (χ3n) is 3.56. The fourth-order valence-corrected chi connectivity index (χ4v) is 2.29. The molecule has 1 aliphatic rings. The van der Waals surface area contributed by atoms with Crippen molar-refractivity contribution in [3.8, 4) is 11.5 Å². The number of benzene rings is 1. The summed E-state index contributed by atoms with van der Waals surface area (Å²) in [5, 5.41) is 15.4. The zero-order chi connectivity index (χ0) is 19.2. The van der Waals surface area contributed by atoms with Gasteiger partial charge in [0, 0.05) is 18.9 Å². The lowest BCUT2D eigenvalue weighted by Crippen LogP contribution is -2.37. The molecule has 9 heteroatoms. The molecular weight excluding hydrogens is 356 g/mol. The topological polar surface area (TPSA) is 130 Å². The van der Waals surface area contributed by atoms with Crippen molar-refractivity contribution in [1.29, 1.82) is 0 Å². The van der Waals surface area contributed by atoms with Crippen LogP contribution < -0.4 is 25.2 Å². The summed E-state index contributed by atoms with van der Waals surface area (Å²) in [6.45, 7) is -0.0371. The average molecular weight is 371 g/mol. The maximum Gasteiger partial charge on any atom is 0.291 e. The summed E-state index contributed by atoms with van der Waals surface area (Å²) in [5.74, 6) is -1.47. The van der Waals surface area contributed by atoms with Crippen LogP contribution in [0.15, 0.2) is 46.7 Å². The molecule has 0 saturated carbocycles. The average Bonchev–Trinajstić information content (AvgIpc) is 3.32. The van der Waals surface area contributed by atoms with Gasteiger partial charge in [-0.1, -0.05) is 6.07 Å². The molecule has 3 rings (SSSR count). The van der Waals surface area contributed by atoms with Crippen molar-refractivity contribution in [3.63, 3.8) is 0 Å². The molecule has 0 spiro atoms. The summed E-state index contributed by atoms with van der Waals surface area (Å²) in [4.78, 5) is 35.1. The Labute approximate surface area is 153 Å². The molecule has 27 heavy (non-hydrogen) atoms. The van der Waals surface area contributed by atoms with Crippen molar-refractivity contribution in [2.75, 3.05) is 13.3 Å². The van der Waals surface area contributed by atoms with Crippen LogP contribution in [0, 0.1) is 0 Å². The van der Waals surface area contributed by atoms with E-state index in [1.807, 2.05) is 0 Å². The molecule has 1 aromatic carbocycles. The van der Waals surface area contributed by atoms with E-state index in [1.54, 1.807) is 18.2 Å². The monoisotopic (exact) mass is 371 g/mol. The normalized spacial score (nSPS) is 12.5. The highest BCUT2D eigenvalue weighted by Crippen LogP contribution is 2.33. The Morgan fingerprint density at radius 3 is 2.70 bits per heavy atom. The van der Waals surface area contributed by atoms with Crippen molar-refractivity contribution >= 4 is 23.9 Å². The maximum absolute atomic E-state index is 12.4. The molecule has 140 valence electrons. The van der Waals surface area contributed by atoms with E-state index in [0.717, 1.165) is 0 Å². The molecule has 2 N–H and O–H groups in total. The van der Waals surface area contributed by atoms with Crippen molar-refractivity contribution < 1.29 is 33.4 Å². The molecule has 1 aliphatic heterocycles. The molecular formula is C18H15N2O7-. The summed E-state index contributed by atoms with van der Waals surface area (Å²) in [6.07, 6.45) is 2.41. The van der Waals surface area contributed by atoms with Gasteiger partial charge in [0.15, 0.2) is 17.3 Å². The Morgan fingerprint density at radius 2 is 1.96 bits per heavy atom. The maximum atomic E-state index is 12.4. The summed E-state index contributed by atoms with van der Waals surface area (Å²) in [7, 11) is 0. The van der Waals surface area contributed by atoms with Gasteiger partial charge in [-0.2, -0.15) is 0 Å². The molecule has 0 saturated heterocycles. The number of carbonyl (C=O) groups excluding carboxylic acids is 3. The Hall–Kier alpha value is -3.75. The highest BCUT2D eigenvalue weighted by molar-refractivity contribution is 6.04. The Bertz CT molecular complexity index is 887. The molecule has 9 nitrogen and oxygen atoms in total. The van der Waals surface area contributed by atoms with E-state index in [9.17, 15) is 19.5 Å². The first-order valence-corrected chi connectivity index (χ1v) is 7.97. The van der Waals surface area contributed by atoms with Gasteiger partial charge in [0.05, 0.1) is 6.26 Å². The van der Waals surface area contributed by atoms with E-state index in [0.29, 0.717) is 17.1 Å². The first-order valence-electron chi connectivity index (χ1n) is 7.97. The second-order valence-corrected chi connectivity index (χ2v) is 5.48. The van der Waals surface area contributed by atoms with E-state index in [-0.39, 0.29) is 31.2 Å². The smallest absolute Gasteiger partial charge is 0.291 e. The summed E-state index contributed by atoms with van der Waals surface area (Å²) in [5.41, 5.74) is 0.484. The first kappa shape index (κ1) is 18.1. The van der Waals surface area contributed by atoms with Crippen molar-refractivity contribution in [2.24, 2.45) is 0 Å². The molecule has 0 bridgehead atoms. The van der Waals surface area contributed by atoms with Gasteiger partial charge in [-0.25, -0.2) is 0 Å². The minimum absolute atomic E-state index is 0.0223. The summed E-state index contributed by atoms with van der Waals surface area (Å²) >= 11 is 0. The number of carbonyl (C=O) groups is 3. The van der Waals surface area contributed by atoms with Gasteiger partial charge in [0.2, 0.25) is 6.79 Å². The predicted octanol–water partition coefficient (Wildman–Crippen LogP) is 0.0354. The number of ether oxygens (including phenoxy) is 2. The highest BCUT2D eigenvalue weighted by atomic mass is 16.7. The van der Waals surface area contributed by atoms with Crippen LogP contribution in [-0.2, 0) is 9.59 Å². The van der Waals surface area contributed by atoms with Crippen molar-refractivity contribution in [3.05, 3.63) is 53.6 Å². The SMILES string of the molecule is O=C([O-])CCNC(=O)/C(=C/c1ccc2c(c1)OCO2)NC(=O)c1ccco1. The minimum atomic E-state index is -1.30. The van der Waals surface area contributed by atoms with Crippen molar-refractivity contribution in [2.45, 2.75) is 6.42 Å². The van der Waals surface area contributed by atoms with E-state index in [2.05, 4.69) is 10.6 Å². The van der Waals surface area contributed by atoms with Gasteiger partial charge in [-0.3, -0.25) is 9.59 Å². The van der Waals surface area contributed by atoms with Crippen LogP contribution >= 0.6 is 0 Å². The number of furan rings is 1. The van der Waals surface area contributed by atoms with E-state index < -0.39 is 17.8 Å². The number of aliphatic carboxylic acids is 1. The van der Waals surface area contributed by atoms with Gasteiger partial charge >= 0.3 is 0 Å². The number of rotatable bonds is 7. The lowest BCUT2D eigenvalue weighted by molar-refractivity contribution is -0.305. The fourth-order valence-electron chi connectivity index (χ4n) is 2.29. The van der Waals surface area contributed by atoms with Crippen LogP contribution in [0.1, 0.15) is 22.5 Å². The van der Waals surface area contributed by atoms with Crippen LogP contribution in [0.25, 0.3) is 6.08 Å². The van der Waals surface area contributed by atoms with Crippen LogP contribution in [0.2, 0.25) is 0 Å². The van der Waals surface area contributed by atoms with Gasteiger partial charge in [0.25, 0.3) is 11.8 Å². The minimum Gasteiger partial charge on any atom is -0.550 e. The summed E-state index contributed by atoms with van der Waals surface area (Å²) < 4.78 is 15.5. The number of nitrogens with one attached hydrogen (secondary N) is 2. The molecule has 0 aliphatic carbocycles. The molecule has 1 aromatic heterocycles. The van der Waals surface area contributed by atoms with Gasteiger partial charge in [-0.05, 0) is 35.9 Å². The number of hydrogen-bond acceptors (Lipinski definition) is 7. The van der Waals surface area contributed by atoms with Crippen molar-refractivity contribution in [1.82, 2.24) is 10.6 Å².